The standard InChI is InChI=1S/C15H28N2O/c1-5-7-8-17(6-2)11-15-9-14(12-18-15)10-16-13(3)4/h9,12-13,16H,5-8,10-11H2,1-4H3. The second-order valence-electron chi connectivity index (χ2n) is 5.18. The Hall–Kier alpha value is -0.800. The van der Waals surface area contributed by atoms with Crippen molar-refractivity contribution in [3.63, 3.8) is 0 Å². The normalized spacial score (nSPS) is 11.7. The van der Waals surface area contributed by atoms with Crippen LogP contribution in [-0.2, 0) is 13.1 Å². The van der Waals surface area contributed by atoms with Crippen LogP contribution in [0.25, 0.3) is 0 Å². The fourth-order valence-electron chi connectivity index (χ4n) is 1.87. The molecule has 0 atom stereocenters. The van der Waals surface area contributed by atoms with Crippen molar-refractivity contribution < 1.29 is 4.42 Å². The van der Waals surface area contributed by atoms with Crippen LogP contribution >= 0.6 is 0 Å². The predicted molar refractivity (Wildman–Crippen MR) is 76.5 cm³/mol. The van der Waals surface area contributed by atoms with Crippen molar-refractivity contribution >= 4 is 0 Å². The summed E-state index contributed by atoms with van der Waals surface area (Å²) >= 11 is 0. The highest BCUT2D eigenvalue weighted by Crippen LogP contribution is 2.11. The summed E-state index contributed by atoms with van der Waals surface area (Å²) in [6.45, 7) is 12.8. The highest BCUT2D eigenvalue weighted by Gasteiger charge is 2.07. The van der Waals surface area contributed by atoms with E-state index in [4.69, 9.17) is 4.42 Å². The van der Waals surface area contributed by atoms with Crippen molar-refractivity contribution in [1.29, 1.82) is 0 Å². The van der Waals surface area contributed by atoms with Gasteiger partial charge in [0.15, 0.2) is 0 Å². The van der Waals surface area contributed by atoms with Gasteiger partial charge in [-0.3, -0.25) is 4.90 Å². The molecular formula is C15H28N2O. The average molecular weight is 252 g/mol. The molecule has 18 heavy (non-hydrogen) atoms. The number of nitrogens with one attached hydrogen (secondary N) is 1. The fraction of sp³-hybridized carbons (Fsp3) is 0.733. The minimum Gasteiger partial charge on any atom is -0.468 e. The van der Waals surface area contributed by atoms with Crippen molar-refractivity contribution in [2.45, 2.75) is 59.7 Å². The van der Waals surface area contributed by atoms with Gasteiger partial charge in [-0.1, -0.05) is 34.1 Å². The van der Waals surface area contributed by atoms with Crippen molar-refractivity contribution in [2.24, 2.45) is 0 Å². The minimum absolute atomic E-state index is 0.514. The van der Waals surface area contributed by atoms with E-state index in [1.165, 1.54) is 18.4 Å². The van der Waals surface area contributed by atoms with Crippen molar-refractivity contribution in [1.82, 2.24) is 10.2 Å². The van der Waals surface area contributed by atoms with Gasteiger partial charge in [0.25, 0.3) is 0 Å². The van der Waals surface area contributed by atoms with Crippen LogP contribution in [0.1, 0.15) is 51.9 Å². The zero-order chi connectivity index (χ0) is 13.4. The molecule has 1 rings (SSSR count). The first kappa shape index (κ1) is 15.3. The van der Waals surface area contributed by atoms with E-state index < -0.39 is 0 Å². The molecule has 0 saturated carbocycles. The van der Waals surface area contributed by atoms with Gasteiger partial charge in [0.05, 0.1) is 12.8 Å². The fourth-order valence-corrected chi connectivity index (χ4v) is 1.87. The molecule has 0 aliphatic rings. The summed E-state index contributed by atoms with van der Waals surface area (Å²) in [7, 11) is 0. The van der Waals surface area contributed by atoms with E-state index in [0.29, 0.717) is 6.04 Å². The lowest BCUT2D eigenvalue weighted by atomic mass is 10.2. The molecule has 0 aliphatic carbocycles. The maximum Gasteiger partial charge on any atom is 0.118 e. The van der Waals surface area contributed by atoms with E-state index in [-0.39, 0.29) is 0 Å². The predicted octanol–water partition coefficient (Wildman–Crippen LogP) is 3.40. The number of rotatable bonds is 9. The number of nitrogens with zero attached hydrogens (tertiary/aromatic N) is 1. The average Bonchev–Trinajstić information content (AvgIpc) is 2.79. The van der Waals surface area contributed by atoms with Crippen LogP contribution in [0.3, 0.4) is 0 Å². The van der Waals surface area contributed by atoms with Gasteiger partial charge in [0, 0.05) is 18.2 Å². The van der Waals surface area contributed by atoms with Crippen molar-refractivity contribution in [2.75, 3.05) is 13.1 Å². The van der Waals surface area contributed by atoms with E-state index in [0.717, 1.165) is 31.9 Å². The molecule has 0 unspecified atom stereocenters. The maximum absolute atomic E-state index is 5.63. The van der Waals surface area contributed by atoms with Crippen LogP contribution in [0.2, 0.25) is 0 Å². The molecule has 0 fully saturated rings. The molecule has 1 aromatic rings. The third-order valence-electron chi connectivity index (χ3n) is 3.08. The molecular weight excluding hydrogens is 224 g/mol. The summed E-state index contributed by atoms with van der Waals surface area (Å²) in [6.07, 6.45) is 4.38. The Morgan fingerprint density at radius 3 is 2.72 bits per heavy atom. The largest absolute Gasteiger partial charge is 0.468 e. The van der Waals surface area contributed by atoms with Gasteiger partial charge in [-0.15, -0.1) is 0 Å². The first-order valence-electron chi connectivity index (χ1n) is 7.17. The van der Waals surface area contributed by atoms with E-state index in [9.17, 15) is 0 Å². The highest BCUT2D eigenvalue weighted by molar-refractivity contribution is 5.12. The maximum atomic E-state index is 5.63. The molecule has 0 spiro atoms. The number of furan rings is 1. The Bertz CT molecular complexity index is 320. The molecule has 0 radical (unpaired) electrons. The molecule has 0 bridgehead atoms. The Labute approximate surface area is 112 Å². The molecule has 0 amide bonds. The van der Waals surface area contributed by atoms with Crippen LogP contribution in [-0.4, -0.2) is 24.0 Å². The van der Waals surface area contributed by atoms with Gasteiger partial charge in [-0.25, -0.2) is 0 Å². The van der Waals surface area contributed by atoms with Gasteiger partial charge in [0.2, 0.25) is 0 Å². The van der Waals surface area contributed by atoms with Gasteiger partial charge in [-0.2, -0.15) is 0 Å². The lowest BCUT2D eigenvalue weighted by Gasteiger charge is -2.18. The topological polar surface area (TPSA) is 28.4 Å². The summed E-state index contributed by atoms with van der Waals surface area (Å²) in [5.41, 5.74) is 1.24. The zero-order valence-corrected chi connectivity index (χ0v) is 12.3. The third kappa shape index (κ3) is 5.69. The molecule has 1 heterocycles. The first-order chi connectivity index (χ1) is 8.65. The Morgan fingerprint density at radius 2 is 2.11 bits per heavy atom. The van der Waals surface area contributed by atoms with Crippen LogP contribution in [0.5, 0.6) is 0 Å². The smallest absolute Gasteiger partial charge is 0.118 e. The number of unbranched alkanes of at least 4 members (excludes halogenated alkanes) is 1. The Morgan fingerprint density at radius 1 is 1.33 bits per heavy atom. The third-order valence-corrected chi connectivity index (χ3v) is 3.08. The second-order valence-corrected chi connectivity index (χ2v) is 5.18. The lowest BCUT2D eigenvalue weighted by Crippen LogP contribution is -2.23. The zero-order valence-electron chi connectivity index (χ0n) is 12.3. The monoisotopic (exact) mass is 252 g/mol. The molecule has 1 aromatic heterocycles. The lowest BCUT2D eigenvalue weighted by molar-refractivity contribution is 0.252. The van der Waals surface area contributed by atoms with E-state index >= 15 is 0 Å². The summed E-state index contributed by atoms with van der Waals surface area (Å²) < 4.78 is 5.63. The summed E-state index contributed by atoms with van der Waals surface area (Å²) in [5.74, 6) is 1.08. The molecule has 3 nitrogen and oxygen atoms in total. The molecule has 3 heteroatoms. The van der Waals surface area contributed by atoms with E-state index in [1.807, 2.05) is 6.26 Å². The van der Waals surface area contributed by atoms with Crippen molar-refractivity contribution in [3.8, 4) is 0 Å². The second kappa shape index (κ2) is 8.33. The molecule has 1 N–H and O–H groups in total. The molecule has 0 aromatic carbocycles. The van der Waals surface area contributed by atoms with Crippen LogP contribution < -0.4 is 5.32 Å². The number of hydrogen-bond donors (Lipinski definition) is 1. The van der Waals surface area contributed by atoms with Gasteiger partial charge >= 0.3 is 0 Å². The minimum atomic E-state index is 0.514. The SMILES string of the molecule is CCCCN(CC)Cc1cc(CNC(C)C)co1. The number of hydrogen-bond acceptors (Lipinski definition) is 3. The summed E-state index contributed by atoms with van der Waals surface area (Å²) in [5, 5.41) is 3.40. The molecule has 0 aliphatic heterocycles. The van der Waals surface area contributed by atoms with Crippen LogP contribution in [0, 0.1) is 0 Å². The van der Waals surface area contributed by atoms with Crippen molar-refractivity contribution in [3.05, 3.63) is 23.7 Å². The quantitative estimate of drug-likeness (QED) is 0.730. The Balaban J connectivity index is 2.41. The van der Waals surface area contributed by atoms with E-state index in [2.05, 4.69) is 44.0 Å². The molecule has 104 valence electrons. The molecule has 0 saturated heterocycles. The van der Waals surface area contributed by atoms with E-state index in [1.54, 1.807) is 0 Å². The van der Waals surface area contributed by atoms with Gasteiger partial charge < -0.3 is 9.73 Å². The van der Waals surface area contributed by atoms with Crippen LogP contribution in [0.4, 0.5) is 0 Å². The van der Waals surface area contributed by atoms with Gasteiger partial charge in [0.1, 0.15) is 5.76 Å². The van der Waals surface area contributed by atoms with Crippen LogP contribution in [0.15, 0.2) is 16.7 Å². The first-order valence-corrected chi connectivity index (χ1v) is 7.17. The van der Waals surface area contributed by atoms with Gasteiger partial charge in [-0.05, 0) is 25.6 Å². The Kier molecular flexibility index (Phi) is 7.06. The summed E-state index contributed by atoms with van der Waals surface area (Å²) in [4.78, 5) is 2.43. The summed E-state index contributed by atoms with van der Waals surface area (Å²) in [6, 6.07) is 2.68. The highest BCUT2D eigenvalue weighted by atomic mass is 16.3.